The van der Waals surface area contributed by atoms with Gasteiger partial charge in [0.25, 0.3) is 0 Å². The number of furan rings is 1. The number of benzene rings is 1. The summed E-state index contributed by atoms with van der Waals surface area (Å²) in [4.78, 5) is 11.9. The van der Waals surface area contributed by atoms with E-state index in [9.17, 15) is 4.79 Å². The Morgan fingerprint density at radius 2 is 2.29 bits per heavy atom. The summed E-state index contributed by atoms with van der Waals surface area (Å²) in [7, 11) is 1.49. The zero-order valence-electron chi connectivity index (χ0n) is 9.27. The Kier molecular flexibility index (Phi) is 3.47. The van der Waals surface area contributed by atoms with Gasteiger partial charge in [-0.05, 0) is 24.3 Å². The van der Waals surface area contributed by atoms with Crippen molar-refractivity contribution in [2.75, 3.05) is 13.7 Å². The van der Waals surface area contributed by atoms with Crippen LogP contribution in [0.4, 0.5) is 0 Å². The molecule has 1 aromatic heterocycles. The van der Waals surface area contributed by atoms with Gasteiger partial charge in [-0.3, -0.25) is 4.79 Å². The Balaban J connectivity index is 2.33. The van der Waals surface area contributed by atoms with Crippen LogP contribution in [0.3, 0.4) is 0 Å². The van der Waals surface area contributed by atoms with E-state index in [1.807, 2.05) is 0 Å². The second kappa shape index (κ2) is 4.87. The first-order valence-electron chi connectivity index (χ1n) is 5.09. The molecule has 90 valence electrons. The molecule has 4 nitrogen and oxygen atoms in total. The Hall–Kier alpha value is -1.36. The molecular formula is C12H12ClNO3. The molecule has 0 aliphatic carbocycles. The van der Waals surface area contributed by atoms with Crippen molar-refractivity contribution in [1.29, 1.82) is 0 Å². The van der Waals surface area contributed by atoms with E-state index in [1.54, 1.807) is 24.3 Å². The average molecular weight is 254 g/mol. The van der Waals surface area contributed by atoms with E-state index in [4.69, 9.17) is 26.5 Å². The minimum Gasteiger partial charge on any atom is -0.453 e. The lowest BCUT2D eigenvalue weighted by atomic mass is 10.1. The van der Waals surface area contributed by atoms with Crippen LogP contribution < -0.4 is 5.73 Å². The highest BCUT2D eigenvalue weighted by Crippen LogP contribution is 2.23. The standard InChI is InChI=1S/C12H12ClNO3/c1-16-6-9(14)12(15)11-5-7-4-8(13)2-3-10(7)17-11/h2-5,9H,6,14H2,1H3. The van der Waals surface area contributed by atoms with Crippen molar-refractivity contribution in [2.45, 2.75) is 6.04 Å². The fourth-order valence-electron chi connectivity index (χ4n) is 1.57. The molecule has 5 heteroatoms. The summed E-state index contributed by atoms with van der Waals surface area (Å²) in [5, 5.41) is 1.38. The van der Waals surface area contributed by atoms with Crippen molar-refractivity contribution in [2.24, 2.45) is 5.73 Å². The van der Waals surface area contributed by atoms with Crippen LogP contribution in [0.1, 0.15) is 10.6 Å². The van der Waals surface area contributed by atoms with E-state index in [2.05, 4.69) is 0 Å². The van der Waals surface area contributed by atoms with Crippen LogP contribution in [-0.4, -0.2) is 25.5 Å². The molecule has 0 aliphatic heterocycles. The molecular weight excluding hydrogens is 242 g/mol. The molecule has 0 amide bonds. The summed E-state index contributed by atoms with van der Waals surface area (Å²) < 4.78 is 10.2. The van der Waals surface area contributed by atoms with E-state index in [1.165, 1.54) is 7.11 Å². The summed E-state index contributed by atoms with van der Waals surface area (Å²) >= 11 is 5.85. The van der Waals surface area contributed by atoms with Gasteiger partial charge < -0.3 is 14.9 Å². The summed E-state index contributed by atoms with van der Waals surface area (Å²) in [6.07, 6.45) is 0. The van der Waals surface area contributed by atoms with Gasteiger partial charge in [-0.2, -0.15) is 0 Å². The molecule has 1 unspecified atom stereocenters. The van der Waals surface area contributed by atoms with Gasteiger partial charge in [0.1, 0.15) is 5.58 Å². The number of carbonyl (C=O) groups excluding carboxylic acids is 1. The number of hydrogen-bond acceptors (Lipinski definition) is 4. The van der Waals surface area contributed by atoms with E-state index < -0.39 is 6.04 Å². The normalized spacial score (nSPS) is 12.9. The number of rotatable bonds is 4. The summed E-state index contributed by atoms with van der Waals surface area (Å²) in [5.41, 5.74) is 6.26. The molecule has 0 bridgehead atoms. The van der Waals surface area contributed by atoms with Crippen molar-refractivity contribution in [1.82, 2.24) is 0 Å². The fraction of sp³-hybridized carbons (Fsp3) is 0.250. The number of fused-ring (bicyclic) bond motifs is 1. The van der Waals surface area contributed by atoms with Gasteiger partial charge >= 0.3 is 0 Å². The number of halogens is 1. The van der Waals surface area contributed by atoms with Crippen LogP contribution in [0.15, 0.2) is 28.7 Å². The molecule has 17 heavy (non-hydrogen) atoms. The summed E-state index contributed by atoms with van der Waals surface area (Å²) in [5.74, 6) is -0.0500. The number of ketones is 1. The predicted octanol–water partition coefficient (Wildman–Crippen LogP) is 2.24. The number of hydrogen-bond donors (Lipinski definition) is 1. The Labute approximate surface area is 103 Å². The monoisotopic (exact) mass is 253 g/mol. The van der Waals surface area contributed by atoms with E-state index in [-0.39, 0.29) is 18.2 Å². The zero-order valence-corrected chi connectivity index (χ0v) is 10.0. The van der Waals surface area contributed by atoms with Crippen molar-refractivity contribution in [3.05, 3.63) is 35.0 Å². The highest BCUT2D eigenvalue weighted by Gasteiger charge is 2.19. The Morgan fingerprint density at radius 3 is 3.00 bits per heavy atom. The third-order valence-corrected chi connectivity index (χ3v) is 2.64. The molecule has 1 atom stereocenters. The minimum absolute atomic E-state index is 0.163. The topological polar surface area (TPSA) is 65.5 Å². The van der Waals surface area contributed by atoms with Crippen molar-refractivity contribution >= 4 is 28.4 Å². The van der Waals surface area contributed by atoms with Crippen LogP contribution in [0, 0.1) is 0 Å². The third-order valence-electron chi connectivity index (χ3n) is 2.40. The number of nitrogens with two attached hydrogens (primary N) is 1. The van der Waals surface area contributed by atoms with Gasteiger partial charge in [0.15, 0.2) is 5.76 Å². The van der Waals surface area contributed by atoms with Crippen LogP contribution in [0.5, 0.6) is 0 Å². The maximum Gasteiger partial charge on any atom is 0.216 e. The van der Waals surface area contributed by atoms with Crippen molar-refractivity contribution in [3.63, 3.8) is 0 Å². The molecule has 1 aromatic carbocycles. The van der Waals surface area contributed by atoms with Gasteiger partial charge in [-0.15, -0.1) is 0 Å². The molecule has 2 N–H and O–H groups in total. The van der Waals surface area contributed by atoms with Gasteiger partial charge in [0.05, 0.1) is 12.6 Å². The number of methoxy groups -OCH3 is 1. The lowest BCUT2D eigenvalue weighted by Gasteiger charge is -2.05. The maximum atomic E-state index is 11.9. The molecule has 0 saturated heterocycles. The first kappa shape index (κ1) is 12.1. The quantitative estimate of drug-likeness (QED) is 0.849. The number of Topliss-reactive ketones (excluding diaryl/α,β-unsaturated/α-hetero) is 1. The maximum absolute atomic E-state index is 11.9. The van der Waals surface area contributed by atoms with Gasteiger partial charge in [-0.1, -0.05) is 11.6 Å². The lowest BCUT2D eigenvalue weighted by Crippen LogP contribution is -2.34. The van der Waals surface area contributed by atoms with E-state index in [0.717, 1.165) is 5.39 Å². The molecule has 0 aliphatic rings. The van der Waals surface area contributed by atoms with Crippen molar-refractivity contribution < 1.29 is 13.9 Å². The third kappa shape index (κ3) is 2.49. The van der Waals surface area contributed by atoms with Gasteiger partial charge in [0, 0.05) is 17.5 Å². The molecule has 2 aromatic rings. The summed E-state index contributed by atoms with van der Waals surface area (Å²) in [6.45, 7) is 0.163. The predicted molar refractivity (Wildman–Crippen MR) is 65.4 cm³/mol. The van der Waals surface area contributed by atoms with Gasteiger partial charge in [-0.25, -0.2) is 0 Å². The van der Waals surface area contributed by atoms with Crippen LogP contribution in [0.2, 0.25) is 5.02 Å². The number of carbonyl (C=O) groups is 1. The zero-order chi connectivity index (χ0) is 12.4. The van der Waals surface area contributed by atoms with Crippen LogP contribution >= 0.6 is 11.6 Å². The molecule has 2 rings (SSSR count). The minimum atomic E-state index is -0.712. The van der Waals surface area contributed by atoms with Crippen molar-refractivity contribution in [3.8, 4) is 0 Å². The second-order valence-corrected chi connectivity index (χ2v) is 4.16. The first-order valence-corrected chi connectivity index (χ1v) is 5.47. The molecule has 1 heterocycles. The van der Waals surface area contributed by atoms with Crippen LogP contribution in [0.25, 0.3) is 11.0 Å². The number of ether oxygens (including phenoxy) is 1. The second-order valence-electron chi connectivity index (χ2n) is 3.72. The Morgan fingerprint density at radius 1 is 1.53 bits per heavy atom. The average Bonchev–Trinajstić information content (AvgIpc) is 2.71. The molecule has 0 fully saturated rings. The lowest BCUT2D eigenvalue weighted by molar-refractivity contribution is 0.0867. The van der Waals surface area contributed by atoms with Crippen LogP contribution in [-0.2, 0) is 4.74 Å². The smallest absolute Gasteiger partial charge is 0.216 e. The Bertz CT molecular complexity index is 550. The van der Waals surface area contributed by atoms with E-state index in [0.29, 0.717) is 10.6 Å². The SMILES string of the molecule is COCC(N)C(=O)c1cc2cc(Cl)ccc2o1. The van der Waals surface area contributed by atoms with Gasteiger partial charge in [0.2, 0.25) is 5.78 Å². The molecule has 0 saturated carbocycles. The van der Waals surface area contributed by atoms with E-state index >= 15 is 0 Å². The fourth-order valence-corrected chi connectivity index (χ4v) is 1.75. The first-order chi connectivity index (χ1) is 8.11. The molecule has 0 radical (unpaired) electrons. The highest BCUT2D eigenvalue weighted by atomic mass is 35.5. The largest absolute Gasteiger partial charge is 0.453 e. The molecule has 0 spiro atoms. The highest BCUT2D eigenvalue weighted by molar-refractivity contribution is 6.31. The summed E-state index contributed by atoms with van der Waals surface area (Å²) in [6, 6.07) is 6.08.